The molecule has 0 saturated carbocycles. The van der Waals surface area contributed by atoms with E-state index in [1.54, 1.807) is 13.8 Å². The Labute approximate surface area is 456 Å². The minimum Gasteiger partial charge on any atom is -0.480 e. The molecule has 0 spiro atoms. The lowest BCUT2D eigenvalue weighted by Crippen LogP contribution is -2.61. The first kappa shape index (κ1) is 65.4. The molecule has 32 nitrogen and oxygen atoms in total. The highest BCUT2D eigenvalue weighted by Crippen LogP contribution is 2.23. The average molecular weight is 1120 g/mol. The molecule has 79 heavy (non-hydrogen) atoms. The third kappa shape index (κ3) is 20.1. The molecule has 3 heterocycles. The van der Waals surface area contributed by atoms with Gasteiger partial charge in [0.25, 0.3) is 0 Å². The van der Waals surface area contributed by atoms with Crippen molar-refractivity contribution >= 4 is 82.9 Å². The number of hydrogen-bond donors (Lipinski definition) is 15. The lowest BCUT2D eigenvalue weighted by molar-refractivity contribution is -0.149. The molecule has 0 unspecified atom stereocenters. The Kier molecular flexibility index (Phi) is 26.1. The van der Waals surface area contributed by atoms with Crippen LogP contribution in [0.25, 0.3) is 0 Å². The SMILES string of the molecule is CC(C)[C@H](NC(=O)[C@@H](N)CCC(N)=O)C(=O)N1CCC[C@H]1C(=O)N[C@@H](CO)C(=O)N[C@@H](CCCN=C(N)N)C(=O)N1CCC[C@H]1C(=O)N[C@@H](CC(N)=O)C(=O)N[C@@H](CCCN=C(N)N)C(=O)N[C@@H](C)C(=O)N1CCC[C@H]1C(=O)O. The second kappa shape index (κ2) is 31.5. The van der Waals surface area contributed by atoms with E-state index >= 15 is 0 Å². The van der Waals surface area contributed by atoms with Crippen LogP contribution in [-0.2, 0) is 57.5 Å². The van der Waals surface area contributed by atoms with Crippen molar-refractivity contribution in [3.8, 4) is 0 Å². The van der Waals surface area contributed by atoms with Crippen molar-refractivity contribution < 1.29 is 67.7 Å². The predicted octanol–water partition coefficient (Wildman–Crippen LogP) is -7.80. The third-order valence-electron chi connectivity index (χ3n) is 13.5. The topological polar surface area (TPSA) is 534 Å². The zero-order valence-electron chi connectivity index (χ0n) is 44.9. The van der Waals surface area contributed by atoms with E-state index in [0.29, 0.717) is 12.8 Å². The van der Waals surface area contributed by atoms with Crippen LogP contribution in [0.5, 0.6) is 0 Å². The summed E-state index contributed by atoms with van der Waals surface area (Å²) < 4.78 is 0. The summed E-state index contributed by atoms with van der Waals surface area (Å²) in [7, 11) is 0. The number of aliphatic carboxylic acids is 1. The molecular weight excluding hydrogens is 1040 g/mol. The minimum atomic E-state index is -1.72. The number of aliphatic imine (C=N–C) groups is 2. The number of rotatable bonds is 31. The van der Waals surface area contributed by atoms with Gasteiger partial charge < -0.3 is 96.9 Å². The number of carbonyl (C=O) groups excluding carboxylic acids is 11. The van der Waals surface area contributed by atoms with Crippen LogP contribution in [0.4, 0.5) is 0 Å². The molecule has 32 heteroatoms. The summed E-state index contributed by atoms with van der Waals surface area (Å²) in [6.07, 6.45) is 0.345. The number of hydrogen-bond acceptors (Lipinski definition) is 16. The van der Waals surface area contributed by atoms with Gasteiger partial charge in [0.2, 0.25) is 65.0 Å². The number of carboxylic acid groups (broad SMARTS) is 1. The van der Waals surface area contributed by atoms with E-state index in [0.717, 1.165) is 9.80 Å². The predicted molar refractivity (Wildman–Crippen MR) is 281 cm³/mol. The van der Waals surface area contributed by atoms with Gasteiger partial charge in [0.05, 0.1) is 19.1 Å². The number of carbonyl (C=O) groups is 12. The van der Waals surface area contributed by atoms with E-state index in [2.05, 4.69) is 41.9 Å². The summed E-state index contributed by atoms with van der Waals surface area (Å²) in [4.78, 5) is 171. The molecule has 3 fully saturated rings. The van der Waals surface area contributed by atoms with Crippen LogP contribution in [0.2, 0.25) is 0 Å². The fourth-order valence-corrected chi connectivity index (χ4v) is 9.32. The highest BCUT2D eigenvalue weighted by Gasteiger charge is 2.43. The number of likely N-dealkylation sites (tertiary alicyclic amines) is 3. The van der Waals surface area contributed by atoms with Gasteiger partial charge in [-0.05, 0) is 83.5 Å². The molecule has 0 aromatic rings. The highest BCUT2D eigenvalue weighted by atomic mass is 16.4. The van der Waals surface area contributed by atoms with E-state index < -0.39 is 150 Å². The van der Waals surface area contributed by atoms with Gasteiger partial charge in [0.1, 0.15) is 54.4 Å². The summed E-state index contributed by atoms with van der Waals surface area (Å²) in [5.41, 5.74) is 38.5. The number of nitrogens with one attached hydrogen (secondary N) is 6. The molecule has 3 aliphatic rings. The molecular formula is C47H80N18O14. The number of primary amides is 2. The molecule has 0 bridgehead atoms. The van der Waals surface area contributed by atoms with Gasteiger partial charge in [-0.25, -0.2) is 4.79 Å². The lowest BCUT2D eigenvalue weighted by atomic mass is 10.0. The fourth-order valence-electron chi connectivity index (χ4n) is 9.32. The minimum absolute atomic E-state index is 0.00646. The van der Waals surface area contributed by atoms with Crippen molar-refractivity contribution in [2.24, 2.45) is 56.0 Å². The molecule has 22 N–H and O–H groups in total. The summed E-state index contributed by atoms with van der Waals surface area (Å²) in [6.45, 7) is 3.90. The summed E-state index contributed by atoms with van der Waals surface area (Å²) in [6, 6.07) is -13.3. The maximum atomic E-state index is 14.5. The molecule has 0 aliphatic carbocycles. The normalized spacial score (nSPS) is 19.5. The molecule has 0 aromatic heterocycles. The average Bonchev–Trinajstić information content (AvgIpc) is 4.21. The van der Waals surface area contributed by atoms with Gasteiger partial charge in [0.15, 0.2) is 11.9 Å². The number of nitrogens with zero attached hydrogens (tertiary/aromatic N) is 5. The largest absolute Gasteiger partial charge is 0.480 e. The monoisotopic (exact) mass is 1120 g/mol. The number of aliphatic hydroxyl groups is 1. The van der Waals surface area contributed by atoms with Crippen LogP contribution >= 0.6 is 0 Å². The molecule has 0 radical (unpaired) electrons. The van der Waals surface area contributed by atoms with Crippen molar-refractivity contribution in [2.75, 3.05) is 39.3 Å². The van der Waals surface area contributed by atoms with Crippen LogP contribution in [0.1, 0.15) is 104 Å². The van der Waals surface area contributed by atoms with Crippen molar-refractivity contribution in [1.82, 2.24) is 46.6 Å². The Balaban J connectivity index is 1.81. The number of carboxylic acids is 1. The number of aliphatic hydroxyl groups excluding tert-OH is 1. The zero-order valence-corrected chi connectivity index (χ0v) is 44.9. The Hall–Kier alpha value is -7.90. The second-order valence-electron chi connectivity index (χ2n) is 20.0. The van der Waals surface area contributed by atoms with Gasteiger partial charge >= 0.3 is 5.97 Å². The summed E-state index contributed by atoms with van der Waals surface area (Å²) in [5, 5.41) is 35.0. The first-order valence-electron chi connectivity index (χ1n) is 26.2. The van der Waals surface area contributed by atoms with Crippen molar-refractivity contribution in [3.05, 3.63) is 0 Å². The molecule has 3 aliphatic heterocycles. The standard InChI is InChI=1S/C47H80N18O14/c1-23(2)35(62-36(69)25(48)14-15-33(49)67)44(77)64-19-7-12-31(64)41(74)61-29(22-66)39(72)59-27(10-5-17-56-47(53)54)43(76)63-18-6-11-30(63)40(73)60-28(21-34(50)68)38(71)58-26(9-4-16-55-46(51)52)37(70)57-24(3)42(75)65-20-8-13-32(65)45(78)79/h23-32,35,66H,4-22,48H2,1-3H3,(H2,49,67)(H2,50,68)(H,57,70)(H,58,71)(H,59,72)(H,60,73)(H,61,74)(H,62,69)(H,78,79)(H4,51,52,55)(H4,53,54,56)/t24-,25-,26-,27-,28-,29-,30-,31-,32-,35-/m0/s1. The van der Waals surface area contributed by atoms with E-state index in [-0.39, 0.29) is 109 Å². The van der Waals surface area contributed by atoms with Crippen LogP contribution in [0.3, 0.4) is 0 Å². The molecule has 442 valence electrons. The Morgan fingerprint density at radius 3 is 1.47 bits per heavy atom. The number of guanidine groups is 2. The molecule has 11 amide bonds. The number of nitrogens with two attached hydrogens (primary N) is 7. The molecule has 0 aromatic carbocycles. The maximum Gasteiger partial charge on any atom is 0.326 e. The van der Waals surface area contributed by atoms with E-state index in [1.165, 1.54) is 11.8 Å². The van der Waals surface area contributed by atoms with Crippen molar-refractivity contribution in [3.63, 3.8) is 0 Å². The van der Waals surface area contributed by atoms with Gasteiger partial charge in [-0.3, -0.25) is 62.7 Å². The van der Waals surface area contributed by atoms with Gasteiger partial charge in [-0.1, -0.05) is 13.8 Å². The Morgan fingerprint density at radius 1 is 0.532 bits per heavy atom. The summed E-state index contributed by atoms with van der Waals surface area (Å²) >= 11 is 0. The van der Waals surface area contributed by atoms with E-state index in [4.69, 9.17) is 40.1 Å². The zero-order chi connectivity index (χ0) is 59.3. The Bertz CT molecular complexity index is 2290. The van der Waals surface area contributed by atoms with Crippen LogP contribution in [0.15, 0.2) is 9.98 Å². The van der Waals surface area contributed by atoms with Crippen LogP contribution in [0, 0.1) is 5.92 Å². The van der Waals surface area contributed by atoms with E-state index in [1.807, 2.05) is 0 Å². The first-order chi connectivity index (χ1) is 37.2. The Morgan fingerprint density at radius 2 is 0.987 bits per heavy atom. The van der Waals surface area contributed by atoms with Crippen LogP contribution in [-0.4, -0.2) is 208 Å². The summed E-state index contributed by atoms with van der Waals surface area (Å²) in [5.74, 6) is -11.5. The highest BCUT2D eigenvalue weighted by molar-refractivity contribution is 6.00. The van der Waals surface area contributed by atoms with Gasteiger partial charge in [-0.2, -0.15) is 0 Å². The third-order valence-corrected chi connectivity index (χ3v) is 13.5. The van der Waals surface area contributed by atoms with Crippen LogP contribution < -0.4 is 72.0 Å². The maximum absolute atomic E-state index is 14.5. The molecule has 3 saturated heterocycles. The quantitative estimate of drug-likeness (QED) is 0.0174. The fraction of sp³-hybridized carbons (Fsp3) is 0.702. The van der Waals surface area contributed by atoms with Crippen molar-refractivity contribution in [1.29, 1.82) is 0 Å². The first-order valence-corrected chi connectivity index (χ1v) is 26.2. The van der Waals surface area contributed by atoms with Gasteiger partial charge in [-0.15, -0.1) is 0 Å². The smallest absolute Gasteiger partial charge is 0.326 e. The lowest BCUT2D eigenvalue weighted by Gasteiger charge is -2.32. The van der Waals surface area contributed by atoms with E-state index in [9.17, 15) is 67.7 Å². The molecule has 3 rings (SSSR count). The molecule has 10 atom stereocenters. The second-order valence-corrected chi connectivity index (χ2v) is 20.0. The van der Waals surface area contributed by atoms with Crippen molar-refractivity contribution in [2.45, 2.75) is 165 Å². The number of amides is 11. The van der Waals surface area contributed by atoms with Gasteiger partial charge in [0, 0.05) is 39.1 Å².